The number of nitrogens with zero attached hydrogens (tertiary/aromatic N) is 2. The second kappa shape index (κ2) is 6.72. The number of carbonyl (C=O) groups excluding carboxylic acids is 1. The minimum absolute atomic E-state index is 0.0234. The van der Waals surface area contributed by atoms with Crippen molar-refractivity contribution < 1.29 is 4.79 Å². The molecule has 23 heavy (non-hydrogen) atoms. The van der Waals surface area contributed by atoms with Crippen molar-refractivity contribution in [3.8, 4) is 0 Å². The molecule has 2 aromatic heterocycles. The Morgan fingerprint density at radius 1 is 1.35 bits per heavy atom. The van der Waals surface area contributed by atoms with Gasteiger partial charge in [-0.05, 0) is 33.6 Å². The van der Waals surface area contributed by atoms with E-state index in [1.165, 1.54) is 0 Å². The third-order valence-electron chi connectivity index (χ3n) is 3.70. The van der Waals surface area contributed by atoms with Crippen molar-refractivity contribution in [2.24, 2.45) is 0 Å². The van der Waals surface area contributed by atoms with Gasteiger partial charge < -0.3 is 9.47 Å². The summed E-state index contributed by atoms with van der Waals surface area (Å²) in [7, 11) is 1.84. The molecule has 0 bridgehead atoms. The molecule has 2 heterocycles. The molecule has 0 aliphatic carbocycles. The maximum absolute atomic E-state index is 12.9. The van der Waals surface area contributed by atoms with Crippen LogP contribution in [0.1, 0.15) is 16.1 Å². The van der Waals surface area contributed by atoms with E-state index < -0.39 is 0 Å². The molecule has 0 unspecified atom stereocenters. The normalized spacial score (nSPS) is 10.9. The molecular weight excluding hydrogens is 372 g/mol. The molecule has 118 valence electrons. The Morgan fingerprint density at radius 3 is 2.78 bits per heavy atom. The quantitative estimate of drug-likeness (QED) is 0.569. The van der Waals surface area contributed by atoms with Crippen LogP contribution in [-0.4, -0.2) is 22.4 Å². The van der Waals surface area contributed by atoms with E-state index in [1.807, 2.05) is 54.1 Å². The molecule has 5 heteroatoms. The number of hydrogen-bond donors (Lipinski definition) is 0. The topological polar surface area (TPSA) is 25.2 Å². The molecule has 3 rings (SSSR count). The minimum Gasteiger partial charge on any atom is -0.336 e. The van der Waals surface area contributed by atoms with E-state index >= 15 is 0 Å². The van der Waals surface area contributed by atoms with Gasteiger partial charge in [-0.3, -0.25) is 4.79 Å². The summed E-state index contributed by atoms with van der Waals surface area (Å²) in [6, 6.07) is 14.0. The Kier molecular flexibility index (Phi) is 4.68. The van der Waals surface area contributed by atoms with Crippen LogP contribution in [0.4, 0.5) is 0 Å². The number of aromatic nitrogens is 1. The molecule has 0 radical (unpaired) electrons. The third-order valence-corrected chi connectivity index (χ3v) is 5.27. The molecular formula is C18H17BrN2OS. The SMILES string of the molecule is C=CCn1c(C(=O)N(C)Cc2ccccc2)cc2sc(Br)cc21. The highest BCUT2D eigenvalue weighted by Crippen LogP contribution is 2.33. The minimum atomic E-state index is 0.0234. The molecule has 0 saturated heterocycles. The summed E-state index contributed by atoms with van der Waals surface area (Å²) < 4.78 is 4.19. The lowest BCUT2D eigenvalue weighted by Gasteiger charge is -2.18. The first kappa shape index (κ1) is 16.0. The molecule has 0 N–H and O–H groups in total. The second-order valence-corrected chi connectivity index (χ2v) is 7.84. The number of rotatable bonds is 5. The van der Waals surface area contributed by atoms with Gasteiger partial charge in [-0.25, -0.2) is 0 Å². The van der Waals surface area contributed by atoms with E-state index in [0.717, 1.165) is 19.6 Å². The number of thiophene rings is 1. The fourth-order valence-corrected chi connectivity index (χ4v) is 4.20. The van der Waals surface area contributed by atoms with Crippen LogP contribution < -0.4 is 0 Å². The first-order chi connectivity index (χ1) is 11.1. The van der Waals surface area contributed by atoms with Crippen LogP contribution in [0.15, 0.2) is 58.9 Å². The van der Waals surface area contributed by atoms with Gasteiger partial charge in [0.25, 0.3) is 5.91 Å². The number of fused-ring (bicyclic) bond motifs is 1. The molecule has 1 amide bonds. The Hall–Kier alpha value is -1.85. The van der Waals surface area contributed by atoms with Gasteiger partial charge in [0, 0.05) is 20.1 Å². The first-order valence-corrected chi connectivity index (χ1v) is 8.90. The summed E-state index contributed by atoms with van der Waals surface area (Å²) in [5.74, 6) is 0.0234. The molecule has 0 aliphatic rings. The van der Waals surface area contributed by atoms with Gasteiger partial charge in [0.15, 0.2) is 0 Å². The highest BCUT2D eigenvalue weighted by molar-refractivity contribution is 9.11. The summed E-state index contributed by atoms with van der Waals surface area (Å²) >= 11 is 5.14. The number of halogens is 1. The van der Waals surface area contributed by atoms with Gasteiger partial charge >= 0.3 is 0 Å². The van der Waals surface area contributed by atoms with E-state index in [9.17, 15) is 4.79 Å². The predicted molar refractivity (Wildman–Crippen MR) is 100.0 cm³/mol. The lowest BCUT2D eigenvalue weighted by atomic mass is 10.2. The van der Waals surface area contributed by atoms with Crippen LogP contribution in [-0.2, 0) is 13.1 Å². The Morgan fingerprint density at radius 2 is 2.09 bits per heavy atom. The van der Waals surface area contributed by atoms with Crippen molar-refractivity contribution in [2.75, 3.05) is 7.05 Å². The zero-order chi connectivity index (χ0) is 16.4. The molecule has 0 saturated carbocycles. The van der Waals surface area contributed by atoms with Crippen molar-refractivity contribution in [1.29, 1.82) is 0 Å². The zero-order valence-corrected chi connectivity index (χ0v) is 15.2. The van der Waals surface area contributed by atoms with Crippen molar-refractivity contribution in [3.63, 3.8) is 0 Å². The Bertz CT molecular complexity index is 851. The van der Waals surface area contributed by atoms with Gasteiger partial charge in [-0.2, -0.15) is 0 Å². The van der Waals surface area contributed by atoms with E-state index in [-0.39, 0.29) is 5.91 Å². The molecule has 0 fully saturated rings. The van der Waals surface area contributed by atoms with Crippen LogP contribution in [0.3, 0.4) is 0 Å². The van der Waals surface area contributed by atoms with E-state index in [1.54, 1.807) is 16.2 Å². The van der Waals surface area contributed by atoms with Gasteiger partial charge in [0.1, 0.15) is 5.69 Å². The van der Waals surface area contributed by atoms with Crippen molar-refractivity contribution >= 4 is 43.4 Å². The highest BCUT2D eigenvalue weighted by Gasteiger charge is 2.20. The fraction of sp³-hybridized carbons (Fsp3) is 0.167. The fourth-order valence-electron chi connectivity index (χ4n) is 2.64. The maximum atomic E-state index is 12.9. The van der Waals surface area contributed by atoms with E-state index in [4.69, 9.17) is 0 Å². The Labute approximate surface area is 148 Å². The summed E-state index contributed by atoms with van der Waals surface area (Å²) in [5.41, 5.74) is 2.89. The number of benzene rings is 1. The lowest BCUT2D eigenvalue weighted by molar-refractivity contribution is 0.0775. The van der Waals surface area contributed by atoms with Crippen molar-refractivity contribution in [2.45, 2.75) is 13.1 Å². The second-order valence-electron chi connectivity index (χ2n) is 5.38. The molecule has 3 aromatic rings. The average Bonchev–Trinajstić information content (AvgIpc) is 3.05. The number of allylic oxidation sites excluding steroid dienone is 1. The standard InChI is InChI=1S/C18H17BrN2OS/c1-3-9-21-14-11-17(19)23-16(14)10-15(21)18(22)20(2)12-13-7-5-4-6-8-13/h3-8,10-11H,1,9,12H2,2H3. The number of hydrogen-bond acceptors (Lipinski definition) is 2. The van der Waals surface area contributed by atoms with E-state index in [0.29, 0.717) is 18.8 Å². The van der Waals surface area contributed by atoms with Crippen LogP contribution in [0.5, 0.6) is 0 Å². The summed E-state index contributed by atoms with van der Waals surface area (Å²) in [5, 5.41) is 0. The highest BCUT2D eigenvalue weighted by atomic mass is 79.9. The van der Waals surface area contributed by atoms with Crippen LogP contribution in [0.25, 0.3) is 10.2 Å². The average molecular weight is 389 g/mol. The van der Waals surface area contributed by atoms with Gasteiger partial charge in [0.05, 0.1) is 14.0 Å². The maximum Gasteiger partial charge on any atom is 0.270 e. The van der Waals surface area contributed by atoms with Crippen LogP contribution >= 0.6 is 27.3 Å². The largest absolute Gasteiger partial charge is 0.336 e. The molecule has 0 spiro atoms. The monoisotopic (exact) mass is 388 g/mol. The van der Waals surface area contributed by atoms with Crippen LogP contribution in [0.2, 0.25) is 0 Å². The van der Waals surface area contributed by atoms with Gasteiger partial charge in [-0.15, -0.1) is 17.9 Å². The van der Waals surface area contributed by atoms with Crippen molar-refractivity contribution in [1.82, 2.24) is 9.47 Å². The summed E-state index contributed by atoms with van der Waals surface area (Å²) in [4.78, 5) is 14.6. The third kappa shape index (κ3) is 3.26. The number of carbonyl (C=O) groups is 1. The molecule has 0 aliphatic heterocycles. The van der Waals surface area contributed by atoms with E-state index in [2.05, 4.69) is 28.6 Å². The van der Waals surface area contributed by atoms with Gasteiger partial charge in [0.2, 0.25) is 0 Å². The molecule has 3 nitrogen and oxygen atoms in total. The molecule has 1 aromatic carbocycles. The zero-order valence-electron chi connectivity index (χ0n) is 12.8. The molecule has 0 atom stereocenters. The van der Waals surface area contributed by atoms with Crippen LogP contribution in [0, 0.1) is 0 Å². The van der Waals surface area contributed by atoms with Gasteiger partial charge in [-0.1, -0.05) is 36.4 Å². The predicted octanol–water partition coefficient (Wildman–Crippen LogP) is 4.92. The summed E-state index contributed by atoms with van der Waals surface area (Å²) in [6.45, 7) is 5.02. The van der Waals surface area contributed by atoms with Crippen molar-refractivity contribution in [3.05, 3.63) is 70.2 Å². The first-order valence-electron chi connectivity index (χ1n) is 7.29. The number of amides is 1. The summed E-state index contributed by atoms with van der Waals surface area (Å²) in [6.07, 6.45) is 1.82. The Balaban J connectivity index is 1.92. The smallest absolute Gasteiger partial charge is 0.270 e. The lowest BCUT2D eigenvalue weighted by Crippen LogP contribution is -2.28.